The van der Waals surface area contributed by atoms with Gasteiger partial charge in [0.1, 0.15) is 18.0 Å². The van der Waals surface area contributed by atoms with E-state index >= 15 is 0 Å². The number of nitrogens with zero attached hydrogens (tertiary/aromatic N) is 2. The van der Waals surface area contributed by atoms with Crippen LogP contribution in [0.25, 0.3) is 0 Å². The molecule has 0 radical (unpaired) electrons. The zero-order valence-electron chi connectivity index (χ0n) is 12.4. The Labute approximate surface area is 120 Å². The van der Waals surface area contributed by atoms with Crippen molar-refractivity contribution in [2.45, 2.75) is 45.6 Å². The van der Waals surface area contributed by atoms with Crippen molar-refractivity contribution in [1.82, 2.24) is 9.97 Å². The highest BCUT2D eigenvalue weighted by Crippen LogP contribution is 2.25. The van der Waals surface area contributed by atoms with Crippen LogP contribution in [0.2, 0.25) is 0 Å². The molecule has 1 aromatic heterocycles. The first-order valence-electron chi connectivity index (χ1n) is 7.46. The molecule has 2 atom stereocenters. The van der Waals surface area contributed by atoms with Gasteiger partial charge in [-0.15, -0.1) is 0 Å². The second kappa shape index (κ2) is 7.40. The molecule has 112 valence electrons. The maximum atomic E-state index is 5.72. The summed E-state index contributed by atoms with van der Waals surface area (Å²) < 4.78 is 5.72. The molecule has 0 spiro atoms. The summed E-state index contributed by atoms with van der Waals surface area (Å²) in [5.41, 5.74) is 3.71. The highest BCUT2D eigenvalue weighted by atomic mass is 16.5. The molecule has 1 aliphatic rings. The molecule has 0 saturated carbocycles. The largest absolute Gasteiger partial charge is 0.378 e. The number of ether oxygens (including phenoxy) is 1. The minimum atomic E-state index is 0.367. The molecule has 6 nitrogen and oxygen atoms in total. The fourth-order valence-corrected chi connectivity index (χ4v) is 2.78. The van der Waals surface area contributed by atoms with Crippen LogP contribution < -0.4 is 16.6 Å². The fraction of sp³-hybridized carbons (Fsp3) is 0.714. The molecule has 1 fully saturated rings. The smallest absolute Gasteiger partial charge is 0.148 e. The zero-order valence-corrected chi connectivity index (χ0v) is 12.4. The van der Waals surface area contributed by atoms with Crippen LogP contribution in [0.4, 0.5) is 11.6 Å². The minimum Gasteiger partial charge on any atom is -0.378 e. The number of nitrogens with two attached hydrogens (primary N) is 1. The van der Waals surface area contributed by atoms with E-state index in [4.69, 9.17) is 10.6 Å². The van der Waals surface area contributed by atoms with Gasteiger partial charge in [0.05, 0.1) is 6.10 Å². The van der Waals surface area contributed by atoms with Gasteiger partial charge in [0, 0.05) is 24.6 Å². The van der Waals surface area contributed by atoms with Crippen molar-refractivity contribution in [3.05, 3.63) is 11.9 Å². The number of hydrazine groups is 1. The lowest BCUT2D eigenvalue weighted by atomic mass is 9.99. The molecular formula is C14H25N5O. The van der Waals surface area contributed by atoms with Crippen LogP contribution in [0, 0.1) is 5.92 Å². The average Bonchev–Trinajstić information content (AvgIpc) is 2.93. The van der Waals surface area contributed by atoms with Crippen molar-refractivity contribution >= 4 is 11.6 Å². The molecule has 20 heavy (non-hydrogen) atoms. The molecule has 0 aromatic carbocycles. The van der Waals surface area contributed by atoms with E-state index in [1.807, 2.05) is 0 Å². The maximum absolute atomic E-state index is 5.72. The van der Waals surface area contributed by atoms with E-state index < -0.39 is 0 Å². The Morgan fingerprint density at radius 1 is 1.35 bits per heavy atom. The predicted molar refractivity (Wildman–Crippen MR) is 80.5 cm³/mol. The van der Waals surface area contributed by atoms with Crippen LogP contribution >= 0.6 is 0 Å². The Balaban J connectivity index is 2.05. The van der Waals surface area contributed by atoms with Crippen molar-refractivity contribution in [2.24, 2.45) is 11.8 Å². The molecule has 1 saturated heterocycles. The second-order valence-electron chi connectivity index (χ2n) is 5.19. The Hall–Kier alpha value is -1.40. The summed E-state index contributed by atoms with van der Waals surface area (Å²) >= 11 is 0. The van der Waals surface area contributed by atoms with E-state index in [9.17, 15) is 0 Å². The molecule has 1 aliphatic heterocycles. The number of hydrogen-bond donors (Lipinski definition) is 3. The lowest BCUT2D eigenvalue weighted by Gasteiger charge is -2.19. The Morgan fingerprint density at radius 3 is 2.85 bits per heavy atom. The third kappa shape index (κ3) is 3.37. The molecular weight excluding hydrogens is 254 g/mol. The fourth-order valence-electron chi connectivity index (χ4n) is 2.78. The first kappa shape index (κ1) is 15.0. The standard InChI is InChI=1S/C14H25N5O/c1-3-5-11-13(17-9-18-14(11)19-15)16-8-10-6-7-20-12(10)4-2/h9-10,12H,3-8,15H2,1-2H3,(H2,16,17,18,19). The normalized spacial score (nSPS) is 21.9. The Morgan fingerprint density at radius 2 is 2.15 bits per heavy atom. The number of nitrogen functional groups attached to an aromatic ring is 1. The molecule has 0 aliphatic carbocycles. The first-order valence-corrected chi connectivity index (χ1v) is 7.46. The number of rotatable bonds is 7. The average molecular weight is 279 g/mol. The summed E-state index contributed by atoms with van der Waals surface area (Å²) in [7, 11) is 0. The Bertz CT molecular complexity index is 426. The van der Waals surface area contributed by atoms with Gasteiger partial charge in [-0.05, 0) is 19.3 Å². The minimum absolute atomic E-state index is 0.367. The van der Waals surface area contributed by atoms with E-state index in [0.717, 1.165) is 50.2 Å². The summed E-state index contributed by atoms with van der Waals surface area (Å²) in [6.45, 7) is 6.06. The van der Waals surface area contributed by atoms with Gasteiger partial charge in [0.2, 0.25) is 0 Å². The van der Waals surface area contributed by atoms with Crippen LogP contribution in [0.15, 0.2) is 6.33 Å². The number of nitrogens with one attached hydrogen (secondary N) is 2. The van der Waals surface area contributed by atoms with Gasteiger partial charge >= 0.3 is 0 Å². The van der Waals surface area contributed by atoms with E-state index in [1.165, 1.54) is 0 Å². The summed E-state index contributed by atoms with van der Waals surface area (Å²) in [4.78, 5) is 8.53. The lowest BCUT2D eigenvalue weighted by Crippen LogP contribution is -2.24. The van der Waals surface area contributed by atoms with Gasteiger partial charge < -0.3 is 15.5 Å². The van der Waals surface area contributed by atoms with Crippen molar-refractivity contribution in [3.63, 3.8) is 0 Å². The monoisotopic (exact) mass is 279 g/mol. The van der Waals surface area contributed by atoms with Gasteiger partial charge in [-0.2, -0.15) is 0 Å². The predicted octanol–water partition coefficient (Wildman–Crippen LogP) is 1.94. The van der Waals surface area contributed by atoms with E-state index in [1.54, 1.807) is 6.33 Å². The van der Waals surface area contributed by atoms with E-state index in [-0.39, 0.29) is 0 Å². The van der Waals surface area contributed by atoms with Crippen molar-refractivity contribution in [2.75, 3.05) is 23.9 Å². The van der Waals surface area contributed by atoms with Crippen molar-refractivity contribution in [3.8, 4) is 0 Å². The summed E-state index contributed by atoms with van der Waals surface area (Å²) in [5.74, 6) is 7.67. The summed E-state index contributed by atoms with van der Waals surface area (Å²) in [6.07, 6.45) is 6.02. The molecule has 0 bridgehead atoms. The highest BCUT2D eigenvalue weighted by molar-refractivity contribution is 5.56. The lowest BCUT2D eigenvalue weighted by molar-refractivity contribution is 0.0900. The van der Waals surface area contributed by atoms with Crippen LogP contribution in [0.1, 0.15) is 38.7 Å². The molecule has 4 N–H and O–H groups in total. The quantitative estimate of drug-likeness (QED) is 0.522. The summed E-state index contributed by atoms with van der Waals surface area (Å²) in [6, 6.07) is 0. The van der Waals surface area contributed by atoms with Crippen LogP contribution in [-0.2, 0) is 11.2 Å². The van der Waals surface area contributed by atoms with Gasteiger partial charge in [-0.25, -0.2) is 15.8 Å². The molecule has 6 heteroatoms. The topological polar surface area (TPSA) is 85.1 Å². The highest BCUT2D eigenvalue weighted by Gasteiger charge is 2.26. The molecule has 2 heterocycles. The van der Waals surface area contributed by atoms with E-state index in [0.29, 0.717) is 17.8 Å². The number of hydrogen-bond acceptors (Lipinski definition) is 6. The number of anilines is 2. The Kier molecular flexibility index (Phi) is 5.55. The SMILES string of the molecule is CCCc1c(NN)ncnc1NCC1CCOC1CC. The maximum Gasteiger partial charge on any atom is 0.148 e. The van der Waals surface area contributed by atoms with Gasteiger partial charge in [0.15, 0.2) is 0 Å². The first-order chi connectivity index (χ1) is 9.80. The third-order valence-electron chi connectivity index (χ3n) is 3.86. The zero-order chi connectivity index (χ0) is 14.4. The molecule has 2 rings (SSSR count). The third-order valence-corrected chi connectivity index (χ3v) is 3.86. The van der Waals surface area contributed by atoms with Crippen LogP contribution in [-0.4, -0.2) is 29.2 Å². The van der Waals surface area contributed by atoms with Crippen molar-refractivity contribution in [1.29, 1.82) is 0 Å². The van der Waals surface area contributed by atoms with Gasteiger partial charge in [0.25, 0.3) is 0 Å². The molecule has 1 aromatic rings. The van der Waals surface area contributed by atoms with Crippen LogP contribution in [0.3, 0.4) is 0 Å². The second-order valence-corrected chi connectivity index (χ2v) is 5.19. The number of aromatic nitrogens is 2. The van der Waals surface area contributed by atoms with E-state index in [2.05, 4.69) is 34.6 Å². The van der Waals surface area contributed by atoms with Crippen LogP contribution in [0.5, 0.6) is 0 Å². The summed E-state index contributed by atoms with van der Waals surface area (Å²) in [5, 5.41) is 3.45. The van der Waals surface area contributed by atoms with Gasteiger partial charge in [-0.3, -0.25) is 0 Å². The van der Waals surface area contributed by atoms with Gasteiger partial charge in [-0.1, -0.05) is 20.3 Å². The molecule has 0 amide bonds. The molecule has 2 unspecified atom stereocenters. The van der Waals surface area contributed by atoms with Crippen molar-refractivity contribution < 1.29 is 4.74 Å².